The highest BCUT2D eigenvalue weighted by molar-refractivity contribution is 6.04. The largest absolute Gasteiger partial charge is 0.508 e. The summed E-state index contributed by atoms with van der Waals surface area (Å²) in [5.74, 6) is 0.0868. The molecule has 148 valence electrons. The first kappa shape index (κ1) is 19.5. The van der Waals surface area contributed by atoms with Gasteiger partial charge in [0.15, 0.2) is 0 Å². The summed E-state index contributed by atoms with van der Waals surface area (Å²) in [6, 6.07) is 28.7. The maximum absolute atomic E-state index is 12.7. The normalized spacial score (nSPS) is 10.6. The zero-order chi connectivity index (χ0) is 21.1. The van der Waals surface area contributed by atoms with Crippen molar-refractivity contribution in [3.63, 3.8) is 0 Å². The van der Waals surface area contributed by atoms with Crippen LogP contribution in [0.2, 0.25) is 0 Å². The van der Waals surface area contributed by atoms with E-state index in [1.165, 1.54) is 16.7 Å². The number of hydrogen-bond donors (Lipinski definition) is 2. The van der Waals surface area contributed by atoms with Gasteiger partial charge >= 0.3 is 0 Å². The quantitative estimate of drug-likeness (QED) is 0.411. The van der Waals surface area contributed by atoms with E-state index in [-0.39, 0.29) is 11.7 Å². The van der Waals surface area contributed by atoms with Crippen LogP contribution >= 0.6 is 0 Å². The van der Waals surface area contributed by atoms with Gasteiger partial charge in [0, 0.05) is 11.3 Å². The Labute approximate surface area is 176 Å². The zero-order valence-electron chi connectivity index (χ0n) is 17.0. The number of benzene rings is 4. The fourth-order valence-electron chi connectivity index (χ4n) is 3.69. The first-order valence-corrected chi connectivity index (χ1v) is 9.89. The van der Waals surface area contributed by atoms with Crippen molar-refractivity contribution in [2.45, 2.75) is 13.8 Å². The molecule has 1 amide bonds. The molecule has 0 saturated heterocycles. The highest BCUT2D eigenvalue weighted by Crippen LogP contribution is 2.29. The molecule has 3 heteroatoms. The third-order valence-corrected chi connectivity index (χ3v) is 5.24. The minimum Gasteiger partial charge on any atom is -0.508 e. The van der Waals surface area contributed by atoms with Crippen molar-refractivity contribution in [1.82, 2.24) is 0 Å². The Kier molecular flexibility index (Phi) is 5.36. The molecule has 0 aliphatic rings. The second kappa shape index (κ2) is 8.26. The molecule has 0 heterocycles. The molecule has 0 unspecified atom stereocenters. The number of hydrogen-bond acceptors (Lipinski definition) is 2. The molecule has 0 aliphatic carbocycles. The molecule has 0 fully saturated rings. The van der Waals surface area contributed by atoms with Crippen LogP contribution in [0.15, 0.2) is 91.0 Å². The minimum absolute atomic E-state index is 0.147. The second-order valence-electron chi connectivity index (χ2n) is 7.43. The number of nitrogens with one attached hydrogen (secondary N) is 1. The predicted octanol–water partition coefficient (Wildman–Crippen LogP) is 6.60. The van der Waals surface area contributed by atoms with E-state index in [0.29, 0.717) is 5.56 Å². The first-order valence-electron chi connectivity index (χ1n) is 9.89. The highest BCUT2D eigenvalue weighted by atomic mass is 16.3. The number of carbonyl (C=O) groups excluding carboxylic acids is 1. The molecule has 0 atom stereocenters. The van der Waals surface area contributed by atoms with Crippen molar-refractivity contribution < 1.29 is 9.90 Å². The maximum atomic E-state index is 12.7. The van der Waals surface area contributed by atoms with Crippen molar-refractivity contribution in [1.29, 1.82) is 0 Å². The molecule has 0 saturated carbocycles. The van der Waals surface area contributed by atoms with Gasteiger partial charge in [-0.05, 0) is 83.6 Å². The Hall–Kier alpha value is -3.85. The van der Waals surface area contributed by atoms with E-state index >= 15 is 0 Å². The number of phenols is 1. The summed E-state index contributed by atoms with van der Waals surface area (Å²) >= 11 is 0. The lowest BCUT2D eigenvalue weighted by Gasteiger charge is -2.12. The molecule has 30 heavy (non-hydrogen) atoms. The van der Waals surface area contributed by atoms with Gasteiger partial charge in [0.25, 0.3) is 5.91 Å². The Morgan fingerprint density at radius 3 is 1.90 bits per heavy atom. The number of anilines is 1. The van der Waals surface area contributed by atoms with Gasteiger partial charge in [0.1, 0.15) is 5.75 Å². The highest BCUT2D eigenvalue weighted by Gasteiger charge is 2.10. The molecular weight excluding hydrogens is 370 g/mol. The van der Waals surface area contributed by atoms with Gasteiger partial charge in [-0.25, -0.2) is 0 Å². The van der Waals surface area contributed by atoms with E-state index in [4.69, 9.17) is 0 Å². The van der Waals surface area contributed by atoms with Crippen LogP contribution in [0.5, 0.6) is 5.75 Å². The van der Waals surface area contributed by atoms with Gasteiger partial charge in [-0.2, -0.15) is 0 Å². The number of carbonyl (C=O) groups is 1. The van der Waals surface area contributed by atoms with E-state index < -0.39 is 0 Å². The monoisotopic (exact) mass is 393 g/mol. The lowest BCUT2D eigenvalue weighted by molar-refractivity contribution is 0.102. The van der Waals surface area contributed by atoms with Crippen molar-refractivity contribution in [3.8, 4) is 28.0 Å². The van der Waals surface area contributed by atoms with Crippen molar-refractivity contribution in [2.24, 2.45) is 0 Å². The number of rotatable bonds is 4. The van der Waals surface area contributed by atoms with E-state index in [2.05, 4.69) is 43.4 Å². The van der Waals surface area contributed by atoms with Gasteiger partial charge < -0.3 is 10.4 Å². The van der Waals surface area contributed by atoms with Crippen LogP contribution in [-0.4, -0.2) is 11.0 Å². The second-order valence-corrected chi connectivity index (χ2v) is 7.43. The fraction of sp³-hybridized carbons (Fsp3) is 0.0741. The smallest absolute Gasteiger partial charge is 0.255 e. The summed E-state index contributed by atoms with van der Waals surface area (Å²) in [4.78, 5) is 12.7. The van der Waals surface area contributed by atoms with E-state index in [1.54, 1.807) is 12.1 Å². The summed E-state index contributed by atoms with van der Waals surface area (Å²) in [5.41, 5.74) is 8.05. The SMILES string of the molecule is Cc1cccc(C)c1-c1cccc(NC(=O)c2ccc(-c3ccc(O)cc3)cc2)c1. The molecule has 0 aliphatic heterocycles. The van der Waals surface area contributed by atoms with Gasteiger partial charge in [-0.15, -0.1) is 0 Å². The predicted molar refractivity (Wildman–Crippen MR) is 123 cm³/mol. The molecule has 3 nitrogen and oxygen atoms in total. The molecule has 4 aromatic carbocycles. The maximum Gasteiger partial charge on any atom is 0.255 e. The topological polar surface area (TPSA) is 49.3 Å². The van der Waals surface area contributed by atoms with Crippen LogP contribution in [0.25, 0.3) is 22.3 Å². The van der Waals surface area contributed by atoms with Crippen LogP contribution in [-0.2, 0) is 0 Å². The molecule has 2 N–H and O–H groups in total. The third-order valence-electron chi connectivity index (χ3n) is 5.24. The molecule has 0 spiro atoms. The summed E-state index contributed by atoms with van der Waals surface area (Å²) in [5, 5.41) is 12.4. The zero-order valence-corrected chi connectivity index (χ0v) is 17.0. The van der Waals surface area contributed by atoms with E-state index in [1.807, 2.05) is 54.6 Å². The molecule has 0 bridgehead atoms. The van der Waals surface area contributed by atoms with Crippen LogP contribution < -0.4 is 5.32 Å². The van der Waals surface area contributed by atoms with Gasteiger partial charge in [0.2, 0.25) is 0 Å². The van der Waals surface area contributed by atoms with Gasteiger partial charge in [-0.3, -0.25) is 4.79 Å². The van der Waals surface area contributed by atoms with Gasteiger partial charge in [-0.1, -0.05) is 54.6 Å². The first-order chi connectivity index (χ1) is 14.5. The lowest BCUT2D eigenvalue weighted by atomic mass is 9.95. The number of phenolic OH excluding ortho intramolecular Hbond substituents is 1. The minimum atomic E-state index is -0.147. The average Bonchev–Trinajstić information content (AvgIpc) is 2.75. The molecular formula is C27H23NO2. The lowest BCUT2D eigenvalue weighted by Crippen LogP contribution is -2.11. The Morgan fingerprint density at radius 1 is 0.700 bits per heavy atom. The molecule has 0 aromatic heterocycles. The summed E-state index contributed by atoms with van der Waals surface area (Å²) in [6.45, 7) is 4.20. The third kappa shape index (κ3) is 4.11. The number of amides is 1. The van der Waals surface area contributed by atoms with Crippen molar-refractivity contribution >= 4 is 11.6 Å². The van der Waals surface area contributed by atoms with Crippen molar-refractivity contribution in [3.05, 3.63) is 108 Å². The fourth-order valence-corrected chi connectivity index (χ4v) is 3.69. The summed E-state index contributed by atoms with van der Waals surface area (Å²) in [7, 11) is 0. The van der Waals surface area contributed by atoms with Crippen LogP contribution in [0.4, 0.5) is 5.69 Å². The molecule has 4 aromatic rings. The summed E-state index contributed by atoms with van der Waals surface area (Å²) < 4.78 is 0. The van der Waals surface area contributed by atoms with Gasteiger partial charge in [0.05, 0.1) is 0 Å². The Morgan fingerprint density at radius 2 is 1.27 bits per heavy atom. The Balaban J connectivity index is 1.54. The van der Waals surface area contributed by atoms with Crippen LogP contribution in [0, 0.1) is 13.8 Å². The van der Waals surface area contributed by atoms with Crippen molar-refractivity contribution in [2.75, 3.05) is 5.32 Å². The molecule has 4 rings (SSSR count). The summed E-state index contributed by atoms with van der Waals surface area (Å²) in [6.07, 6.45) is 0. The number of aromatic hydroxyl groups is 1. The average molecular weight is 393 g/mol. The van der Waals surface area contributed by atoms with Crippen LogP contribution in [0.3, 0.4) is 0 Å². The number of aryl methyl sites for hydroxylation is 2. The standard InChI is InChI=1S/C27H23NO2/c1-18-5-3-6-19(2)26(18)23-7-4-8-24(17-23)28-27(30)22-11-9-20(10-12-22)21-13-15-25(29)16-14-21/h3-17,29H,1-2H3,(H,28,30). The Bertz CT molecular complexity index is 1170. The molecule has 0 radical (unpaired) electrons. The van der Waals surface area contributed by atoms with Crippen LogP contribution in [0.1, 0.15) is 21.5 Å². The van der Waals surface area contributed by atoms with E-state index in [9.17, 15) is 9.90 Å². The van der Waals surface area contributed by atoms with E-state index in [0.717, 1.165) is 22.4 Å².